The Morgan fingerprint density at radius 2 is 2.05 bits per heavy atom. The zero-order chi connectivity index (χ0) is 13.8. The number of ether oxygens (including phenoxy) is 1. The highest BCUT2D eigenvalue weighted by Gasteiger charge is 2.10. The van der Waals surface area contributed by atoms with Crippen LogP contribution in [0.3, 0.4) is 0 Å². The third-order valence-electron chi connectivity index (χ3n) is 3.62. The molecular formula is C17H20N2O. The van der Waals surface area contributed by atoms with Crippen LogP contribution in [0.4, 0.5) is 11.4 Å². The second-order valence-electron chi connectivity index (χ2n) is 5.08. The van der Waals surface area contributed by atoms with Crippen molar-refractivity contribution in [1.82, 2.24) is 0 Å². The SMILES string of the molecule is CNc1cccc(CNc2ccc3c(c2)CCCO3)c1. The Morgan fingerprint density at radius 1 is 1.10 bits per heavy atom. The Labute approximate surface area is 120 Å². The highest BCUT2D eigenvalue weighted by atomic mass is 16.5. The average Bonchev–Trinajstić information content (AvgIpc) is 2.53. The first kappa shape index (κ1) is 12.9. The van der Waals surface area contributed by atoms with E-state index in [2.05, 4.69) is 53.1 Å². The standard InChI is InChI=1S/C17H20N2O/c1-18-15-6-2-4-13(10-15)12-19-16-7-8-17-14(11-16)5-3-9-20-17/h2,4,6-8,10-11,18-19H,3,5,9,12H2,1H3. The van der Waals surface area contributed by atoms with Crippen molar-refractivity contribution in [3.8, 4) is 5.75 Å². The zero-order valence-electron chi connectivity index (χ0n) is 11.8. The molecule has 0 aliphatic carbocycles. The molecule has 2 N–H and O–H groups in total. The number of rotatable bonds is 4. The fourth-order valence-corrected chi connectivity index (χ4v) is 2.51. The maximum atomic E-state index is 5.64. The first-order valence-electron chi connectivity index (χ1n) is 7.11. The van der Waals surface area contributed by atoms with E-state index in [0.717, 1.165) is 43.1 Å². The molecule has 0 fully saturated rings. The van der Waals surface area contributed by atoms with Crippen LogP contribution in [-0.4, -0.2) is 13.7 Å². The van der Waals surface area contributed by atoms with E-state index in [4.69, 9.17) is 4.74 Å². The Balaban J connectivity index is 1.68. The molecule has 20 heavy (non-hydrogen) atoms. The van der Waals surface area contributed by atoms with E-state index in [1.54, 1.807) is 0 Å². The zero-order valence-corrected chi connectivity index (χ0v) is 11.8. The predicted molar refractivity (Wildman–Crippen MR) is 83.6 cm³/mol. The average molecular weight is 268 g/mol. The van der Waals surface area contributed by atoms with Crippen molar-refractivity contribution in [2.45, 2.75) is 19.4 Å². The van der Waals surface area contributed by atoms with Crippen LogP contribution in [0.2, 0.25) is 0 Å². The Morgan fingerprint density at radius 3 is 2.95 bits per heavy atom. The predicted octanol–water partition coefficient (Wildman–Crippen LogP) is 3.67. The summed E-state index contributed by atoms with van der Waals surface area (Å²) in [5.74, 6) is 1.04. The van der Waals surface area contributed by atoms with Gasteiger partial charge in [-0.3, -0.25) is 0 Å². The van der Waals surface area contributed by atoms with Crippen LogP contribution in [-0.2, 0) is 13.0 Å². The van der Waals surface area contributed by atoms with Gasteiger partial charge < -0.3 is 15.4 Å². The van der Waals surface area contributed by atoms with E-state index >= 15 is 0 Å². The van der Waals surface area contributed by atoms with Gasteiger partial charge in [-0.15, -0.1) is 0 Å². The van der Waals surface area contributed by atoms with Gasteiger partial charge in [0.15, 0.2) is 0 Å². The second-order valence-corrected chi connectivity index (χ2v) is 5.08. The summed E-state index contributed by atoms with van der Waals surface area (Å²) in [6.07, 6.45) is 2.22. The summed E-state index contributed by atoms with van der Waals surface area (Å²) in [5.41, 5.74) is 4.88. The molecule has 0 radical (unpaired) electrons. The molecule has 3 heteroatoms. The summed E-state index contributed by atoms with van der Waals surface area (Å²) in [6, 6.07) is 14.8. The summed E-state index contributed by atoms with van der Waals surface area (Å²) >= 11 is 0. The van der Waals surface area contributed by atoms with Crippen molar-refractivity contribution in [2.24, 2.45) is 0 Å². The van der Waals surface area contributed by atoms with Crippen LogP contribution < -0.4 is 15.4 Å². The molecule has 0 spiro atoms. The van der Waals surface area contributed by atoms with Gasteiger partial charge in [0.1, 0.15) is 5.75 Å². The molecule has 0 saturated carbocycles. The van der Waals surface area contributed by atoms with Crippen molar-refractivity contribution in [1.29, 1.82) is 0 Å². The molecule has 0 unspecified atom stereocenters. The lowest BCUT2D eigenvalue weighted by Gasteiger charge is -2.18. The summed E-state index contributed by atoms with van der Waals surface area (Å²) in [6.45, 7) is 1.67. The summed E-state index contributed by atoms with van der Waals surface area (Å²) in [7, 11) is 1.94. The fourth-order valence-electron chi connectivity index (χ4n) is 2.51. The van der Waals surface area contributed by atoms with Gasteiger partial charge in [-0.2, -0.15) is 0 Å². The van der Waals surface area contributed by atoms with Crippen molar-refractivity contribution < 1.29 is 4.74 Å². The number of hydrogen-bond donors (Lipinski definition) is 2. The van der Waals surface area contributed by atoms with Gasteiger partial charge >= 0.3 is 0 Å². The minimum atomic E-state index is 0.829. The van der Waals surface area contributed by atoms with Gasteiger partial charge in [0, 0.05) is 25.0 Å². The molecular weight excluding hydrogens is 248 g/mol. The quantitative estimate of drug-likeness (QED) is 0.887. The van der Waals surface area contributed by atoms with Gasteiger partial charge in [-0.25, -0.2) is 0 Å². The van der Waals surface area contributed by atoms with E-state index in [0.29, 0.717) is 0 Å². The van der Waals surface area contributed by atoms with Crippen LogP contribution in [0.25, 0.3) is 0 Å². The van der Waals surface area contributed by atoms with E-state index in [9.17, 15) is 0 Å². The molecule has 2 aromatic carbocycles. The largest absolute Gasteiger partial charge is 0.493 e. The molecule has 0 saturated heterocycles. The summed E-state index contributed by atoms with van der Waals surface area (Å²) in [5, 5.41) is 6.64. The number of benzene rings is 2. The minimum absolute atomic E-state index is 0.829. The number of fused-ring (bicyclic) bond motifs is 1. The minimum Gasteiger partial charge on any atom is -0.493 e. The molecule has 1 aliphatic rings. The molecule has 3 nitrogen and oxygen atoms in total. The first-order valence-corrected chi connectivity index (χ1v) is 7.11. The number of aryl methyl sites for hydroxylation is 1. The van der Waals surface area contributed by atoms with E-state index in [-0.39, 0.29) is 0 Å². The number of anilines is 2. The van der Waals surface area contributed by atoms with Crippen LogP contribution in [0.1, 0.15) is 17.5 Å². The van der Waals surface area contributed by atoms with Crippen molar-refractivity contribution in [3.63, 3.8) is 0 Å². The second kappa shape index (κ2) is 5.87. The van der Waals surface area contributed by atoms with Crippen LogP contribution in [0, 0.1) is 0 Å². The highest BCUT2D eigenvalue weighted by molar-refractivity contribution is 5.53. The summed E-state index contributed by atoms with van der Waals surface area (Å²) in [4.78, 5) is 0. The number of hydrogen-bond acceptors (Lipinski definition) is 3. The van der Waals surface area contributed by atoms with Gasteiger partial charge in [0.05, 0.1) is 6.61 Å². The van der Waals surface area contributed by atoms with Crippen molar-refractivity contribution in [3.05, 3.63) is 53.6 Å². The molecule has 2 aromatic rings. The molecule has 1 aliphatic heterocycles. The first-order chi connectivity index (χ1) is 9.85. The maximum absolute atomic E-state index is 5.64. The normalized spacial score (nSPS) is 13.2. The number of nitrogens with one attached hydrogen (secondary N) is 2. The topological polar surface area (TPSA) is 33.3 Å². The molecule has 0 atom stereocenters. The molecule has 3 rings (SSSR count). The monoisotopic (exact) mass is 268 g/mol. The van der Waals surface area contributed by atoms with Crippen LogP contribution in [0.5, 0.6) is 5.75 Å². The molecule has 0 aromatic heterocycles. The van der Waals surface area contributed by atoms with E-state index < -0.39 is 0 Å². The Kier molecular flexibility index (Phi) is 3.77. The molecule has 104 valence electrons. The van der Waals surface area contributed by atoms with Gasteiger partial charge in [-0.1, -0.05) is 12.1 Å². The smallest absolute Gasteiger partial charge is 0.122 e. The Hall–Kier alpha value is -2.16. The lowest BCUT2D eigenvalue weighted by molar-refractivity contribution is 0.288. The van der Waals surface area contributed by atoms with E-state index in [1.165, 1.54) is 11.1 Å². The lowest BCUT2D eigenvalue weighted by Crippen LogP contribution is -2.09. The fraction of sp³-hybridized carbons (Fsp3) is 0.294. The summed E-state index contributed by atoms with van der Waals surface area (Å²) < 4.78 is 5.64. The van der Waals surface area contributed by atoms with Crippen molar-refractivity contribution >= 4 is 11.4 Å². The van der Waals surface area contributed by atoms with Crippen LogP contribution >= 0.6 is 0 Å². The lowest BCUT2D eigenvalue weighted by atomic mass is 10.1. The van der Waals surface area contributed by atoms with Gasteiger partial charge in [-0.05, 0) is 54.3 Å². The Bertz CT molecular complexity index is 595. The third kappa shape index (κ3) is 2.87. The highest BCUT2D eigenvalue weighted by Crippen LogP contribution is 2.27. The van der Waals surface area contributed by atoms with Crippen molar-refractivity contribution in [2.75, 3.05) is 24.3 Å². The van der Waals surface area contributed by atoms with Gasteiger partial charge in [0.2, 0.25) is 0 Å². The molecule has 1 heterocycles. The third-order valence-corrected chi connectivity index (χ3v) is 3.62. The van der Waals surface area contributed by atoms with Gasteiger partial charge in [0.25, 0.3) is 0 Å². The van der Waals surface area contributed by atoms with E-state index in [1.807, 2.05) is 7.05 Å². The van der Waals surface area contributed by atoms with Crippen LogP contribution in [0.15, 0.2) is 42.5 Å². The molecule has 0 bridgehead atoms. The maximum Gasteiger partial charge on any atom is 0.122 e. The molecule has 0 amide bonds.